The van der Waals surface area contributed by atoms with E-state index in [0.717, 1.165) is 5.56 Å². The van der Waals surface area contributed by atoms with Gasteiger partial charge in [-0.15, -0.1) is 0 Å². The number of nitrogen functional groups attached to an aromatic ring is 1. The van der Waals surface area contributed by atoms with Crippen LogP contribution in [0.2, 0.25) is 0 Å². The molecule has 6 nitrogen and oxygen atoms in total. The van der Waals surface area contributed by atoms with E-state index in [9.17, 15) is 9.59 Å². The highest BCUT2D eigenvalue weighted by Gasteiger charge is 2.05. The van der Waals surface area contributed by atoms with Crippen molar-refractivity contribution in [3.63, 3.8) is 0 Å². The van der Waals surface area contributed by atoms with Gasteiger partial charge in [-0.2, -0.15) is 0 Å². The van der Waals surface area contributed by atoms with Gasteiger partial charge in [0, 0.05) is 11.8 Å². The van der Waals surface area contributed by atoms with Crippen LogP contribution in [-0.2, 0) is 5.75 Å². The zero-order valence-corrected chi connectivity index (χ0v) is 10.6. The second kappa shape index (κ2) is 5.57. The number of rotatable bonds is 4. The zero-order valence-electron chi connectivity index (χ0n) is 9.79. The summed E-state index contributed by atoms with van der Waals surface area (Å²) in [7, 11) is 0. The number of carbonyl (C=O) groups is 1. The number of nitrogens with two attached hydrogens (primary N) is 1. The van der Waals surface area contributed by atoms with E-state index in [1.54, 1.807) is 12.1 Å². The van der Waals surface area contributed by atoms with Gasteiger partial charge in [0.15, 0.2) is 5.16 Å². The standard InChI is InChI=1S/C12H11N3O3S/c13-9-5-10(16)15-12(14-9)19-6-7-2-1-3-8(4-7)11(17)18/h1-5H,6H2,(H,17,18)(H3,13,14,15,16). The molecular weight excluding hydrogens is 266 g/mol. The largest absolute Gasteiger partial charge is 0.478 e. The van der Waals surface area contributed by atoms with Gasteiger partial charge in [0.25, 0.3) is 5.56 Å². The maximum Gasteiger partial charge on any atom is 0.335 e. The lowest BCUT2D eigenvalue weighted by Crippen LogP contribution is -2.09. The van der Waals surface area contributed by atoms with Crippen LogP contribution in [0.5, 0.6) is 0 Å². The van der Waals surface area contributed by atoms with Gasteiger partial charge in [0.2, 0.25) is 0 Å². The van der Waals surface area contributed by atoms with Crippen LogP contribution in [0.4, 0.5) is 5.82 Å². The van der Waals surface area contributed by atoms with E-state index in [-0.39, 0.29) is 16.9 Å². The summed E-state index contributed by atoms with van der Waals surface area (Å²) in [6, 6.07) is 7.80. The zero-order chi connectivity index (χ0) is 13.8. The van der Waals surface area contributed by atoms with E-state index < -0.39 is 5.97 Å². The summed E-state index contributed by atoms with van der Waals surface area (Å²) < 4.78 is 0. The van der Waals surface area contributed by atoms with E-state index in [0.29, 0.717) is 10.9 Å². The summed E-state index contributed by atoms with van der Waals surface area (Å²) in [6.07, 6.45) is 0. The first-order valence-corrected chi connectivity index (χ1v) is 6.35. The third kappa shape index (κ3) is 3.59. The predicted molar refractivity (Wildman–Crippen MR) is 72.2 cm³/mol. The molecule has 2 aromatic rings. The van der Waals surface area contributed by atoms with E-state index >= 15 is 0 Å². The van der Waals surface area contributed by atoms with E-state index in [1.165, 1.54) is 23.9 Å². The minimum Gasteiger partial charge on any atom is -0.478 e. The number of aromatic carboxylic acids is 1. The first kappa shape index (κ1) is 13.2. The number of aromatic amines is 1. The van der Waals surface area contributed by atoms with E-state index in [2.05, 4.69) is 9.97 Å². The van der Waals surface area contributed by atoms with Crippen LogP contribution in [0.3, 0.4) is 0 Å². The molecule has 98 valence electrons. The monoisotopic (exact) mass is 277 g/mol. The smallest absolute Gasteiger partial charge is 0.335 e. The maximum absolute atomic E-state index is 11.2. The van der Waals surface area contributed by atoms with Crippen molar-refractivity contribution in [1.29, 1.82) is 0 Å². The molecule has 1 heterocycles. The maximum atomic E-state index is 11.2. The first-order valence-electron chi connectivity index (χ1n) is 5.36. The Morgan fingerprint density at radius 3 is 2.89 bits per heavy atom. The van der Waals surface area contributed by atoms with Crippen molar-refractivity contribution in [2.24, 2.45) is 0 Å². The van der Waals surface area contributed by atoms with Crippen molar-refractivity contribution < 1.29 is 9.90 Å². The van der Waals surface area contributed by atoms with Gasteiger partial charge in [0.1, 0.15) is 5.82 Å². The third-order valence-electron chi connectivity index (χ3n) is 2.29. The second-order valence-corrected chi connectivity index (χ2v) is 4.73. The molecule has 0 atom stereocenters. The molecule has 7 heteroatoms. The Labute approximate surface area is 112 Å². The molecule has 1 aromatic heterocycles. The van der Waals surface area contributed by atoms with E-state index in [4.69, 9.17) is 10.8 Å². The average molecular weight is 277 g/mol. The summed E-state index contributed by atoms with van der Waals surface area (Å²) in [6.45, 7) is 0. The van der Waals surface area contributed by atoms with Crippen LogP contribution in [0, 0.1) is 0 Å². The first-order chi connectivity index (χ1) is 9.04. The molecule has 0 bridgehead atoms. The molecule has 19 heavy (non-hydrogen) atoms. The van der Waals surface area contributed by atoms with Gasteiger partial charge in [-0.3, -0.25) is 4.79 Å². The Morgan fingerprint density at radius 2 is 2.21 bits per heavy atom. The van der Waals surface area contributed by atoms with Crippen LogP contribution in [-0.4, -0.2) is 21.0 Å². The molecule has 0 radical (unpaired) electrons. The lowest BCUT2D eigenvalue weighted by molar-refractivity contribution is 0.0697. The summed E-state index contributed by atoms with van der Waals surface area (Å²) in [5, 5.41) is 9.29. The highest BCUT2D eigenvalue weighted by molar-refractivity contribution is 7.98. The van der Waals surface area contributed by atoms with Crippen LogP contribution < -0.4 is 11.3 Å². The molecule has 0 aliphatic rings. The number of benzene rings is 1. The number of nitrogens with one attached hydrogen (secondary N) is 1. The SMILES string of the molecule is Nc1cc(=O)[nH]c(SCc2cccc(C(=O)O)c2)n1. The normalized spacial score (nSPS) is 10.3. The molecule has 0 fully saturated rings. The number of hydrogen-bond donors (Lipinski definition) is 3. The highest BCUT2D eigenvalue weighted by Crippen LogP contribution is 2.19. The molecule has 0 unspecified atom stereocenters. The molecule has 0 spiro atoms. The minimum atomic E-state index is -0.970. The predicted octanol–water partition coefficient (Wildman–Crippen LogP) is 1.34. The molecule has 0 aliphatic carbocycles. The van der Waals surface area contributed by atoms with Gasteiger partial charge < -0.3 is 15.8 Å². The van der Waals surface area contributed by atoms with Gasteiger partial charge in [-0.25, -0.2) is 9.78 Å². The van der Waals surface area contributed by atoms with Gasteiger partial charge in [0.05, 0.1) is 5.56 Å². The number of anilines is 1. The number of carboxylic acid groups (broad SMARTS) is 1. The number of nitrogens with zero attached hydrogens (tertiary/aromatic N) is 1. The van der Waals surface area contributed by atoms with E-state index in [1.807, 2.05) is 6.07 Å². The number of aromatic nitrogens is 2. The fraction of sp³-hybridized carbons (Fsp3) is 0.0833. The topological polar surface area (TPSA) is 109 Å². The number of carboxylic acids is 1. The summed E-state index contributed by atoms with van der Waals surface area (Å²) in [5.74, 6) is -0.319. The Balaban J connectivity index is 2.12. The van der Waals surface area contributed by atoms with Crippen LogP contribution >= 0.6 is 11.8 Å². The Kier molecular flexibility index (Phi) is 3.86. The van der Waals surface area contributed by atoms with Crippen molar-refractivity contribution in [2.75, 3.05) is 5.73 Å². The number of H-pyrrole nitrogens is 1. The summed E-state index contributed by atoms with van der Waals surface area (Å²) in [5.41, 5.74) is 6.22. The molecule has 2 rings (SSSR count). The van der Waals surface area contributed by atoms with Gasteiger partial charge >= 0.3 is 5.97 Å². The molecular formula is C12H11N3O3S. The molecule has 0 saturated carbocycles. The van der Waals surface area contributed by atoms with Crippen molar-refractivity contribution >= 4 is 23.5 Å². The molecule has 4 N–H and O–H groups in total. The van der Waals surface area contributed by atoms with Crippen molar-refractivity contribution in [3.05, 3.63) is 51.8 Å². The van der Waals surface area contributed by atoms with Crippen LogP contribution in [0.15, 0.2) is 40.3 Å². The summed E-state index contributed by atoms with van der Waals surface area (Å²) in [4.78, 5) is 28.6. The fourth-order valence-corrected chi connectivity index (χ4v) is 2.29. The summed E-state index contributed by atoms with van der Waals surface area (Å²) >= 11 is 1.28. The average Bonchev–Trinajstić information content (AvgIpc) is 2.35. The van der Waals surface area contributed by atoms with Crippen molar-refractivity contribution in [2.45, 2.75) is 10.9 Å². The molecule has 0 amide bonds. The number of hydrogen-bond acceptors (Lipinski definition) is 5. The lowest BCUT2D eigenvalue weighted by atomic mass is 10.1. The number of thioether (sulfide) groups is 1. The van der Waals surface area contributed by atoms with Crippen LogP contribution in [0.1, 0.15) is 15.9 Å². The Morgan fingerprint density at radius 1 is 1.42 bits per heavy atom. The Bertz CT molecular complexity index is 669. The second-order valence-electron chi connectivity index (χ2n) is 3.77. The molecule has 0 saturated heterocycles. The van der Waals surface area contributed by atoms with Gasteiger partial charge in [-0.1, -0.05) is 23.9 Å². The van der Waals surface area contributed by atoms with Crippen LogP contribution in [0.25, 0.3) is 0 Å². The highest BCUT2D eigenvalue weighted by atomic mass is 32.2. The third-order valence-corrected chi connectivity index (χ3v) is 3.23. The lowest BCUT2D eigenvalue weighted by Gasteiger charge is -2.03. The minimum absolute atomic E-state index is 0.158. The van der Waals surface area contributed by atoms with Crippen molar-refractivity contribution in [1.82, 2.24) is 9.97 Å². The quantitative estimate of drug-likeness (QED) is 0.575. The Hall–Kier alpha value is -2.28. The van der Waals surface area contributed by atoms with Crippen molar-refractivity contribution in [3.8, 4) is 0 Å². The van der Waals surface area contributed by atoms with Gasteiger partial charge in [-0.05, 0) is 17.7 Å². The molecule has 0 aliphatic heterocycles. The fourth-order valence-electron chi connectivity index (χ4n) is 1.47. The molecule has 1 aromatic carbocycles.